The van der Waals surface area contributed by atoms with Gasteiger partial charge in [-0.3, -0.25) is 9.59 Å². The number of carbonyl (C=O) groups is 3. The van der Waals surface area contributed by atoms with Gasteiger partial charge in [0, 0.05) is 35.7 Å². The number of hydrogen-bond acceptors (Lipinski definition) is 10. The molecule has 1 saturated heterocycles. The summed E-state index contributed by atoms with van der Waals surface area (Å²) in [4.78, 5) is 49.1. The number of esters is 1. The summed E-state index contributed by atoms with van der Waals surface area (Å²) < 4.78 is 12.6. The van der Waals surface area contributed by atoms with E-state index in [1.165, 1.54) is 11.1 Å². The SMILES string of the molecule is CCNC1C=C2C=CCCC2CC1COC(=O)C12OC1(CC(CO)=C(C)CC1(c3ccnc(NCNC)c3)CCCCC1)C(=O)c1cccc(CC(C)C)c1C2=O. The predicted octanol–water partition coefficient (Wildman–Crippen LogP) is 7.18. The van der Waals surface area contributed by atoms with Crippen LogP contribution in [0.1, 0.15) is 124 Å². The molecule has 0 bridgehead atoms. The third-order valence-corrected chi connectivity index (χ3v) is 13.4. The summed E-state index contributed by atoms with van der Waals surface area (Å²) >= 11 is 0. The number of Topliss-reactive ketones (excluding diaryl/α,β-unsaturated/α-hetero) is 2. The first kappa shape index (κ1) is 41.2. The Kier molecular flexibility index (Phi) is 12.4. The molecule has 4 aliphatic carbocycles. The summed E-state index contributed by atoms with van der Waals surface area (Å²) in [6, 6.07) is 9.59. The summed E-state index contributed by atoms with van der Waals surface area (Å²) in [5.41, 5.74) is 1.20. The minimum Gasteiger partial charge on any atom is -0.463 e. The van der Waals surface area contributed by atoms with Crippen molar-refractivity contribution in [2.24, 2.45) is 17.8 Å². The highest BCUT2D eigenvalue weighted by atomic mass is 16.7. The maximum Gasteiger partial charge on any atom is 0.350 e. The second-order valence-corrected chi connectivity index (χ2v) is 17.6. The zero-order valence-corrected chi connectivity index (χ0v) is 34.5. The number of ketones is 2. The molecule has 0 spiro atoms. The van der Waals surface area contributed by atoms with E-state index in [1.54, 1.807) is 6.07 Å². The van der Waals surface area contributed by atoms with Gasteiger partial charge in [-0.15, -0.1) is 0 Å². The van der Waals surface area contributed by atoms with Crippen LogP contribution in [0.3, 0.4) is 0 Å². The zero-order valence-electron chi connectivity index (χ0n) is 34.5. The van der Waals surface area contributed by atoms with Crippen molar-refractivity contribution in [1.82, 2.24) is 15.6 Å². The molecular weight excluding hydrogens is 717 g/mol. The average molecular weight is 779 g/mol. The van der Waals surface area contributed by atoms with Gasteiger partial charge in [0.1, 0.15) is 5.82 Å². The van der Waals surface area contributed by atoms with Crippen molar-refractivity contribution in [3.05, 3.63) is 93.7 Å². The van der Waals surface area contributed by atoms with E-state index < -0.39 is 28.7 Å². The molecular formula is C47H62N4O6. The smallest absolute Gasteiger partial charge is 0.350 e. The quantitative estimate of drug-likeness (QED) is 0.0455. The van der Waals surface area contributed by atoms with Crippen LogP contribution in [0.5, 0.6) is 0 Å². The lowest BCUT2D eigenvalue weighted by Crippen LogP contribution is -2.52. The Hall–Kier alpha value is -3.96. The average Bonchev–Trinajstić information content (AvgIpc) is 3.92. The molecule has 10 nitrogen and oxygen atoms in total. The largest absolute Gasteiger partial charge is 0.463 e. The van der Waals surface area contributed by atoms with Crippen LogP contribution in [0.2, 0.25) is 0 Å². The number of epoxide rings is 1. The van der Waals surface area contributed by atoms with Crippen molar-refractivity contribution >= 4 is 23.4 Å². The monoisotopic (exact) mass is 778 g/mol. The van der Waals surface area contributed by atoms with Crippen molar-refractivity contribution in [3.63, 3.8) is 0 Å². The molecule has 1 aromatic carbocycles. The molecule has 7 rings (SSSR count). The molecule has 2 fully saturated rings. The number of benzene rings is 1. The van der Waals surface area contributed by atoms with Gasteiger partial charge < -0.3 is 30.5 Å². The Bertz CT molecular complexity index is 1940. The third-order valence-electron chi connectivity index (χ3n) is 13.4. The normalized spacial score (nSPS) is 27.8. The summed E-state index contributed by atoms with van der Waals surface area (Å²) in [6.45, 7) is 9.33. The minimum absolute atomic E-state index is 0.000784. The summed E-state index contributed by atoms with van der Waals surface area (Å²) in [5, 5.41) is 21.1. The molecule has 306 valence electrons. The molecule has 0 radical (unpaired) electrons. The van der Waals surface area contributed by atoms with E-state index in [0.717, 1.165) is 74.9 Å². The number of nitrogens with one attached hydrogen (secondary N) is 3. The van der Waals surface area contributed by atoms with E-state index in [2.05, 4.69) is 72.1 Å². The lowest BCUT2D eigenvalue weighted by molar-refractivity contribution is -0.150. The van der Waals surface area contributed by atoms with Crippen molar-refractivity contribution in [2.75, 3.05) is 38.8 Å². The van der Waals surface area contributed by atoms with E-state index in [0.29, 0.717) is 31.0 Å². The molecule has 5 unspecified atom stereocenters. The topological polar surface area (TPSA) is 142 Å². The number of rotatable bonds is 16. The van der Waals surface area contributed by atoms with Crippen LogP contribution in [0.4, 0.5) is 5.82 Å². The lowest BCUT2D eigenvalue weighted by Gasteiger charge is -2.39. The highest BCUT2D eigenvalue weighted by Gasteiger charge is 2.85. The maximum absolute atomic E-state index is 15.0. The number of aromatic nitrogens is 1. The Morgan fingerprint density at radius 1 is 1.11 bits per heavy atom. The second kappa shape index (κ2) is 17.1. The van der Waals surface area contributed by atoms with Crippen LogP contribution in [-0.2, 0) is 26.1 Å². The van der Waals surface area contributed by atoms with Crippen LogP contribution in [-0.4, -0.2) is 78.3 Å². The minimum atomic E-state index is -2.12. The lowest BCUT2D eigenvalue weighted by atomic mass is 9.65. The fourth-order valence-corrected chi connectivity index (χ4v) is 10.4. The van der Waals surface area contributed by atoms with Gasteiger partial charge in [0.05, 0.1) is 19.9 Å². The number of ether oxygens (including phenoxy) is 2. The van der Waals surface area contributed by atoms with Crippen LogP contribution < -0.4 is 16.0 Å². The molecule has 0 amide bonds. The fourth-order valence-electron chi connectivity index (χ4n) is 10.4. The van der Waals surface area contributed by atoms with Crippen LogP contribution in [0, 0.1) is 17.8 Å². The van der Waals surface area contributed by atoms with Crippen LogP contribution in [0.15, 0.2) is 71.5 Å². The van der Waals surface area contributed by atoms with E-state index in [-0.39, 0.29) is 54.1 Å². The van der Waals surface area contributed by atoms with E-state index in [1.807, 2.05) is 32.3 Å². The predicted molar refractivity (Wildman–Crippen MR) is 222 cm³/mol. The van der Waals surface area contributed by atoms with E-state index in [4.69, 9.17) is 9.47 Å². The van der Waals surface area contributed by atoms with Gasteiger partial charge in [0.15, 0.2) is 11.4 Å². The zero-order chi connectivity index (χ0) is 40.4. The van der Waals surface area contributed by atoms with Gasteiger partial charge in [-0.1, -0.05) is 82.0 Å². The molecule has 4 N–H and O–H groups in total. The molecule has 5 aliphatic rings. The van der Waals surface area contributed by atoms with Gasteiger partial charge in [-0.05, 0) is 117 Å². The Balaban J connectivity index is 1.23. The number of nitrogens with zero attached hydrogens (tertiary/aromatic N) is 1. The fraction of sp³-hybridized carbons (Fsp3) is 0.574. The number of aliphatic hydroxyl groups is 1. The van der Waals surface area contributed by atoms with Crippen molar-refractivity contribution in [2.45, 2.75) is 121 Å². The Morgan fingerprint density at radius 2 is 1.91 bits per heavy atom. The first-order chi connectivity index (χ1) is 27.5. The summed E-state index contributed by atoms with van der Waals surface area (Å²) in [6.07, 6.45) is 17.9. The summed E-state index contributed by atoms with van der Waals surface area (Å²) in [7, 11) is 1.88. The van der Waals surface area contributed by atoms with E-state index >= 15 is 0 Å². The van der Waals surface area contributed by atoms with Gasteiger partial charge in [-0.2, -0.15) is 0 Å². The number of aliphatic hydroxyl groups excluding tert-OH is 1. The van der Waals surface area contributed by atoms with E-state index in [9.17, 15) is 19.5 Å². The number of anilines is 1. The van der Waals surface area contributed by atoms with Gasteiger partial charge in [0.2, 0.25) is 5.78 Å². The molecule has 2 aromatic rings. The number of likely N-dealkylation sites (N-methyl/N-ethyl adjacent to an activating group) is 1. The third kappa shape index (κ3) is 7.71. The molecule has 10 heteroatoms. The van der Waals surface area contributed by atoms with Crippen molar-refractivity contribution in [3.8, 4) is 0 Å². The molecule has 2 heterocycles. The number of hydrogen-bond donors (Lipinski definition) is 4. The van der Waals surface area contributed by atoms with Gasteiger partial charge >= 0.3 is 5.97 Å². The van der Waals surface area contributed by atoms with Crippen LogP contribution >= 0.6 is 0 Å². The molecule has 1 aromatic heterocycles. The summed E-state index contributed by atoms with van der Waals surface area (Å²) in [5.74, 6) is -0.319. The number of pyridine rings is 1. The highest BCUT2D eigenvalue weighted by molar-refractivity contribution is 6.33. The molecule has 1 aliphatic heterocycles. The molecule has 57 heavy (non-hydrogen) atoms. The number of fused-ring (bicyclic) bond motifs is 3. The maximum atomic E-state index is 15.0. The molecule has 5 atom stereocenters. The Labute approximate surface area is 338 Å². The van der Waals surface area contributed by atoms with Gasteiger partial charge in [-0.25, -0.2) is 9.78 Å². The standard InChI is InChI=1S/C47H62N4O6/c1-6-49-39-23-33-14-9-8-13-32(33)22-35(39)28-56-44(55)47-43(54)41-34(21-30(2)3)15-12-16-38(41)42(53)46(47,57-47)26-36(27-52)31(4)25-45(18-10-7-11-19-45)37-17-20-50-40(24-37)51-29-48-5/h9,12,14-17,20,23-24,30,32,35,39,48-49,52H,6-8,10-11,13,18-19,21-22,25-29H2,1-5H3,(H,50,51). The number of allylic oxidation sites excluding steroid dienone is 4. The van der Waals surface area contributed by atoms with Crippen molar-refractivity contribution in [1.29, 1.82) is 0 Å². The van der Waals surface area contributed by atoms with Crippen molar-refractivity contribution < 1.29 is 29.0 Å². The number of carbonyl (C=O) groups excluding carboxylic acids is 3. The molecule has 1 saturated carbocycles. The van der Waals surface area contributed by atoms with Crippen LogP contribution in [0.25, 0.3) is 0 Å². The second-order valence-electron chi connectivity index (χ2n) is 17.6. The first-order valence-corrected chi connectivity index (χ1v) is 21.4. The van der Waals surface area contributed by atoms with Gasteiger partial charge in [0.25, 0.3) is 5.60 Å². The first-order valence-electron chi connectivity index (χ1n) is 21.4. The highest BCUT2D eigenvalue weighted by Crippen LogP contribution is 2.60. The Morgan fingerprint density at radius 3 is 2.65 bits per heavy atom.